The van der Waals surface area contributed by atoms with Crippen LogP contribution in [0.1, 0.15) is 82.4 Å². The second-order valence-electron chi connectivity index (χ2n) is 17.4. The van der Waals surface area contributed by atoms with Crippen molar-refractivity contribution in [2.75, 3.05) is 38.4 Å². The number of nitrogens with two attached hydrogens (primary N) is 1. The molecule has 0 spiro atoms. The number of anilines is 4. The van der Waals surface area contributed by atoms with Crippen LogP contribution < -0.4 is 42.4 Å². The largest absolute Gasteiger partial charge is 0.494 e. The maximum atomic E-state index is 14.4. The normalized spacial score (nSPS) is 15.9. The van der Waals surface area contributed by atoms with E-state index < -0.39 is 65.0 Å². The predicted octanol–water partition coefficient (Wildman–Crippen LogP) is 3.75. The number of rotatable bonds is 17. The standard InChI is InChI=1S/C48H55N11O9S/c1-26-40(69-25-54-26)28-13-11-27(12-14-28)20-48(46(49)67)21-30(60)24-59(48)45(66)41(47(2,3)4)57-37(61)17-18-38(62)58-42(63)29-15-16-35(52-22-29)56-36-19-34(32(23-53-36)44(65)51-6)55-33-10-8-9-31(39(33)68-7)43(64)50-5/h8-16,19,22-23,25,30,41,60H,17-18,20-21,24H2,1-7H3,(H2,49,67)(H,50,64)(H,51,65)(H,57,61)(H,58,62,63)(H2,52,53,55,56)/t30-,41-,48+/m1/s1. The molecule has 69 heavy (non-hydrogen) atoms. The summed E-state index contributed by atoms with van der Waals surface area (Å²) in [6, 6.07) is 15.7. The number of hydrogen-bond donors (Lipinski definition) is 8. The fourth-order valence-electron chi connectivity index (χ4n) is 7.95. The highest BCUT2D eigenvalue weighted by atomic mass is 32.1. The molecule has 1 saturated heterocycles. The number of thiazole rings is 1. The summed E-state index contributed by atoms with van der Waals surface area (Å²) >= 11 is 1.50. The Morgan fingerprint density at radius 1 is 0.855 bits per heavy atom. The predicted molar refractivity (Wildman–Crippen MR) is 258 cm³/mol. The average Bonchev–Trinajstić information content (AvgIpc) is 3.91. The van der Waals surface area contributed by atoms with Crippen LogP contribution in [0.5, 0.6) is 5.75 Å². The number of carbonyl (C=O) groups excluding carboxylic acids is 7. The van der Waals surface area contributed by atoms with E-state index in [0.717, 1.165) is 16.1 Å². The number of β-amino-alcohol motifs (C(OH)–C–C–N with tert-alkyl or cyclic N) is 1. The first-order valence-electron chi connectivity index (χ1n) is 21.8. The summed E-state index contributed by atoms with van der Waals surface area (Å²) in [4.78, 5) is 107. The number of carbonyl (C=O) groups is 7. The van der Waals surface area contributed by atoms with E-state index >= 15 is 0 Å². The highest BCUT2D eigenvalue weighted by Gasteiger charge is 2.54. The minimum absolute atomic E-state index is 0.0280. The molecule has 0 saturated carbocycles. The van der Waals surface area contributed by atoms with E-state index in [1.54, 1.807) is 50.5 Å². The number of amides is 7. The quantitative estimate of drug-likeness (QED) is 0.0659. The summed E-state index contributed by atoms with van der Waals surface area (Å²) in [7, 11) is 4.38. The number of nitrogens with one attached hydrogen (secondary N) is 6. The van der Waals surface area contributed by atoms with Crippen molar-refractivity contribution in [2.24, 2.45) is 11.1 Å². The molecule has 3 aromatic heterocycles. The molecule has 9 N–H and O–H groups in total. The number of aromatic nitrogens is 3. The second kappa shape index (κ2) is 21.5. The first kappa shape index (κ1) is 50.6. The molecule has 20 nitrogen and oxygen atoms in total. The Kier molecular flexibility index (Phi) is 15.7. The molecule has 1 aliphatic rings. The van der Waals surface area contributed by atoms with E-state index in [0.29, 0.717) is 16.9 Å². The number of benzene rings is 2. The van der Waals surface area contributed by atoms with Crippen molar-refractivity contribution in [3.8, 4) is 16.2 Å². The number of imide groups is 1. The molecule has 0 unspecified atom stereocenters. The van der Waals surface area contributed by atoms with Gasteiger partial charge < -0.3 is 47.1 Å². The number of para-hydroxylation sites is 1. The van der Waals surface area contributed by atoms with Gasteiger partial charge in [-0.3, -0.25) is 38.9 Å². The average molecular weight is 962 g/mol. The molecule has 6 rings (SSSR count). The Bertz CT molecular complexity index is 2760. The van der Waals surface area contributed by atoms with Gasteiger partial charge in [-0.05, 0) is 47.7 Å². The van der Waals surface area contributed by atoms with E-state index in [4.69, 9.17) is 10.5 Å². The fraction of sp³-hybridized carbons (Fsp3) is 0.333. The third-order valence-corrected chi connectivity index (χ3v) is 12.5. The lowest BCUT2D eigenvalue weighted by Gasteiger charge is -2.40. The van der Waals surface area contributed by atoms with E-state index in [-0.39, 0.29) is 65.8 Å². The molecule has 5 aromatic rings. The number of aliphatic hydroxyl groups is 1. The molecule has 7 amide bonds. The number of aliphatic hydroxyl groups excluding tert-OH is 1. The SMILES string of the molecule is CNC(=O)c1cnc(Nc2ccc(C(=O)NC(=O)CCC(=O)N[C@H](C(=O)N3C[C@H](O)C[C@@]3(Cc3ccc(-c4scnc4C)cc3)C(N)=O)C(C)(C)C)cn2)cc1Nc1cccc(C(=O)NC)c1OC. The third kappa shape index (κ3) is 11.7. The van der Waals surface area contributed by atoms with Crippen LogP contribution in [0.15, 0.2) is 78.6 Å². The van der Waals surface area contributed by atoms with E-state index in [2.05, 4.69) is 46.9 Å². The van der Waals surface area contributed by atoms with Gasteiger partial charge in [0, 0.05) is 64.8 Å². The van der Waals surface area contributed by atoms with E-state index in [1.807, 2.05) is 31.2 Å². The Balaban J connectivity index is 1.07. The number of aryl methyl sites for hydroxylation is 1. The van der Waals surface area contributed by atoms with Crippen molar-refractivity contribution < 1.29 is 43.4 Å². The van der Waals surface area contributed by atoms with Gasteiger partial charge in [-0.2, -0.15) is 0 Å². The van der Waals surface area contributed by atoms with Crippen molar-refractivity contribution >= 4 is 75.7 Å². The lowest BCUT2D eigenvalue weighted by Crippen LogP contribution is -2.63. The number of methoxy groups -OCH3 is 1. The van der Waals surface area contributed by atoms with Crippen molar-refractivity contribution in [3.63, 3.8) is 0 Å². The smallest absolute Gasteiger partial charge is 0.259 e. The fourth-order valence-corrected chi connectivity index (χ4v) is 8.76. The van der Waals surface area contributed by atoms with Gasteiger partial charge in [-0.1, -0.05) is 51.1 Å². The lowest BCUT2D eigenvalue weighted by molar-refractivity contribution is -0.148. The van der Waals surface area contributed by atoms with Crippen molar-refractivity contribution in [1.82, 2.24) is 41.1 Å². The maximum Gasteiger partial charge on any atom is 0.259 e. The topological polar surface area (TPSA) is 289 Å². The Morgan fingerprint density at radius 3 is 2.14 bits per heavy atom. The summed E-state index contributed by atoms with van der Waals surface area (Å²) in [5.74, 6) is -3.66. The molecule has 0 bridgehead atoms. The number of primary amides is 1. The van der Waals surface area contributed by atoms with Crippen LogP contribution in [-0.2, 0) is 25.6 Å². The van der Waals surface area contributed by atoms with E-state index in [9.17, 15) is 38.7 Å². The highest BCUT2D eigenvalue weighted by Crippen LogP contribution is 2.37. The zero-order chi connectivity index (χ0) is 50.2. The molecule has 2 aromatic carbocycles. The number of pyridine rings is 2. The van der Waals surface area contributed by atoms with Crippen LogP contribution in [0.4, 0.5) is 23.0 Å². The van der Waals surface area contributed by atoms with E-state index in [1.165, 1.54) is 62.0 Å². The Labute approximate surface area is 402 Å². The number of likely N-dealkylation sites (tertiary alicyclic amines) is 1. The first-order valence-corrected chi connectivity index (χ1v) is 22.7. The molecule has 1 fully saturated rings. The molecular formula is C48H55N11O9S. The molecule has 0 aliphatic carbocycles. The molecule has 0 radical (unpaired) electrons. The van der Waals surface area contributed by atoms with Crippen LogP contribution in [0.3, 0.4) is 0 Å². The first-order chi connectivity index (χ1) is 32.8. The van der Waals surface area contributed by atoms with Crippen LogP contribution in [-0.4, -0.2) is 112 Å². The molecular weight excluding hydrogens is 907 g/mol. The molecule has 362 valence electrons. The molecule has 3 atom stereocenters. The zero-order valence-corrected chi connectivity index (χ0v) is 40.0. The molecule has 1 aliphatic heterocycles. The van der Waals surface area contributed by atoms with Gasteiger partial charge in [-0.15, -0.1) is 11.3 Å². The summed E-state index contributed by atoms with van der Waals surface area (Å²) < 4.78 is 5.52. The monoisotopic (exact) mass is 961 g/mol. The highest BCUT2D eigenvalue weighted by molar-refractivity contribution is 7.13. The third-order valence-electron chi connectivity index (χ3n) is 11.5. The van der Waals surface area contributed by atoms with Gasteiger partial charge in [0.15, 0.2) is 5.75 Å². The minimum atomic E-state index is -1.59. The molecule has 4 heterocycles. The Morgan fingerprint density at radius 2 is 1.54 bits per heavy atom. The summed E-state index contributed by atoms with van der Waals surface area (Å²) in [5.41, 5.74) is 9.06. The van der Waals surface area contributed by atoms with Gasteiger partial charge in [0.2, 0.25) is 23.6 Å². The van der Waals surface area contributed by atoms with Gasteiger partial charge in [0.25, 0.3) is 17.7 Å². The van der Waals surface area contributed by atoms with Gasteiger partial charge in [0.05, 0.1) is 57.4 Å². The van der Waals surface area contributed by atoms with Gasteiger partial charge >= 0.3 is 0 Å². The molecule has 21 heteroatoms. The van der Waals surface area contributed by atoms with Gasteiger partial charge in [0.1, 0.15) is 23.2 Å². The van der Waals surface area contributed by atoms with Crippen LogP contribution >= 0.6 is 11.3 Å². The summed E-state index contributed by atoms with van der Waals surface area (Å²) in [6.07, 6.45) is 0.650. The van der Waals surface area contributed by atoms with Crippen molar-refractivity contribution in [2.45, 2.75) is 71.1 Å². The van der Waals surface area contributed by atoms with Crippen molar-refractivity contribution in [1.29, 1.82) is 0 Å². The van der Waals surface area contributed by atoms with Crippen LogP contribution in [0.25, 0.3) is 10.4 Å². The van der Waals surface area contributed by atoms with Crippen LogP contribution in [0, 0.1) is 12.3 Å². The maximum absolute atomic E-state index is 14.4. The number of nitrogens with zero attached hydrogens (tertiary/aromatic N) is 4. The minimum Gasteiger partial charge on any atom is -0.494 e. The summed E-state index contributed by atoms with van der Waals surface area (Å²) in [6.45, 7) is 6.93. The summed E-state index contributed by atoms with van der Waals surface area (Å²) in [5, 5.41) is 27.1. The van der Waals surface area contributed by atoms with Crippen molar-refractivity contribution in [3.05, 3.63) is 107 Å². The second-order valence-corrected chi connectivity index (χ2v) is 18.3. The zero-order valence-electron chi connectivity index (χ0n) is 39.2. The lowest BCUT2D eigenvalue weighted by atomic mass is 9.82. The Hall–Kier alpha value is -7.78. The number of ether oxygens (including phenoxy) is 1. The van der Waals surface area contributed by atoms with Crippen LogP contribution in [0.2, 0.25) is 0 Å². The number of hydrogen-bond acceptors (Lipinski definition) is 15. The van der Waals surface area contributed by atoms with Gasteiger partial charge in [-0.25, -0.2) is 15.0 Å².